The van der Waals surface area contributed by atoms with E-state index in [9.17, 15) is 14.0 Å². The Morgan fingerprint density at radius 3 is 2.60 bits per heavy atom. The van der Waals surface area contributed by atoms with Crippen molar-refractivity contribution < 1.29 is 14.0 Å². The zero-order valence-electron chi connectivity index (χ0n) is 14.0. The molecule has 0 aromatic heterocycles. The lowest BCUT2D eigenvalue weighted by Gasteiger charge is -2.18. The van der Waals surface area contributed by atoms with Crippen molar-refractivity contribution in [3.8, 4) is 0 Å². The number of hydrogen-bond acceptors (Lipinski definition) is 3. The third kappa shape index (κ3) is 5.46. The second-order valence-electron chi connectivity index (χ2n) is 5.60. The lowest BCUT2D eigenvalue weighted by molar-refractivity contribution is -0.131. The van der Waals surface area contributed by atoms with Gasteiger partial charge in [-0.1, -0.05) is 29.8 Å². The highest BCUT2D eigenvalue weighted by Crippen LogP contribution is 2.20. The van der Waals surface area contributed by atoms with Gasteiger partial charge in [0, 0.05) is 12.7 Å². The van der Waals surface area contributed by atoms with Crippen molar-refractivity contribution in [3.63, 3.8) is 0 Å². The number of nitrogens with zero attached hydrogens (tertiary/aromatic N) is 1. The molecular weight excluding hydrogens is 345 g/mol. The first kappa shape index (κ1) is 18.7. The SMILES string of the molecule is Cc1ccc(NCC(=O)N(C)CC(=O)Nc2ccccc2Cl)cc1F. The van der Waals surface area contributed by atoms with Crippen LogP contribution < -0.4 is 10.6 Å². The molecule has 0 saturated heterocycles. The quantitative estimate of drug-likeness (QED) is 0.827. The van der Waals surface area contributed by atoms with Crippen molar-refractivity contribution >= 4 is 34.8 Å². The van der Waals surface area contributed by atoms with Crippen LogP contribution in [0.25, 0.3) is 0 Å². The standard InChI is InChI=1S/C18H19ClFN3O2/c1-12-7-8-13(9-15(12)20)21-10-18(25)23(2)11-17(24)22-16-6-4-3-5-14(16)19/h3-9,21H,10-11H2,1-2H3,(H,22,24). The van der Waals surface area contributed by atoms with Crippen LogP contribution in [0.4, 0.5) is 15.8 Å². The van der Waals surface area contributed by atoms with Crippen LogP contribution in [0.1, 0.15) is 5.56 Å². The maximum atomic E-state index is 13.5. The van der Waals surface area contributed by atoms with Gasteiger partial charge in [0.05, 0.1) is 23.8 Å². The van der Waals surface area contributed by atoms with E-state index in [-0.39, 0.29) is 30.7 Å². The molecule has 0 atom stereocenters. The third-order valence-electron chi connectivity index (χ3n) is 3.57. The molecule has 0 aliphatic carbocycles. The Balaban J connectivity index is 1.84. The second kappa shape index (κ2) is 8.48. The van der Waals surface area contributed by atoms with Crippen LogP contribution in [0.15, 0.2) is 42.5 Å². The first-order valence-corrected chi connectivity index (χ1v) is 8.03. The average Bonchev–Trinajstić information content (AvgIpc) is 2.57. The van der Waals surface area contributed by atoms with Crippen molar-refractivity contribution in [1.82, 2.24) is 4.90 Å². The second-order valence-corrected chi connectivity index (χ2v) is 6.00. The molecule has 132 valence electrons. The monoisotopic (exact) mass is 363 g/mol. The number of halogens is 2. The van der Waals surface area contributed by atoms with Crippen molar-refractivity contribution in [3.05, 3.63) is 58.9 Å². The number of likely N-dealkylation sites (N-methyl/N-ethyl adjacent to an activating group) is 1. The van der Waals surface area contributed by atoms with Gasteiger partial charge in [-0.3, -0.25) is 9.59 Å². The van der Waals surface area contributed by atoms with E-state index >= 15 is 0 Å². The van der Waals surface area contributed by atoms with Crippen molar-refractivity contribution in [1.29, 1.82) is 0 Å². The molecule has 2 aromatic carbocycles. The van der Waals surface area contributed by atoms with Gasteiger partial charge in [-0.15, -0.1) is 0 Å². The number of rotatable bonds is 6. The first-order valence-electron chi connectivity index (χ1n) is 7.65. The van der Waals surface area contributed by atoms with Gasteiger partial charge in [-0.05, 0) is 36.8 Å². The number of para-hydroxylation sites is 1. The number of carbonyl (C=O) groups is 2. The number of anilines is 2. The molecule has 2 amide bonds. The molecule has 0 aliphatic heterocycles. The fourth-order valence-corrected chi connectivity index (χ4v) is 2.25. The Morgan fingerprint density at radius 2 is 1.92 bits per heavy atom. The summed E-state index contributed by atoms with van der Waals surface area (Å²) in [5.41, 5.74) is 1.53. The summed E-state index contributed by atoms with van der Waals surface area (Å²) in [5, 5.41) is 5.91. The van der Waals surface area contributed by atoms with Crippen LogP contribution in [0, 0.1) is 12.7 Å². The van der Waals surface area contributed by atoms with E-state index in [1.165, 1.54) is 18.0 Å². The van der Waals surface area contributed by atoms with Crippen LogP contribution in [0.5, 0.6) is 0 Å². The molecule has 0 aliphatic rings. The van der Waals surface area contributed by atoms with E-state index in [1.807, 2.05) is 0 Å². The van der Waals surface area contributed by atoms with Gasteiger partial charge in [-0.2, -0.15) is 0 Å². The number of nitrogens with one attached hydrogen (secondary N) is 2. The summed E-state index contributed by atoms with van der Waals surface area (Å²) in [6, 6.07) is 11.5. The van der Waals surface area contributed by atoms with Gasteiger partial charge < -0.3 is 15.5 Å². The van der Waals surface area contributed by atoms with Gasteiger partial charge in [-0.25, -0.2) is 4.39 Å². The highest BCUT2D eigenvalue weighted by atomic mass is 35.5. The smallest absolute Gasteiger partial charge is 0.244 e. The summed E-state index contributed by atoms with van der Waals surface area (Å²) in [6.07, 6.45) is 0. The van der Waals surface area contributed by atoms with Crippen LogP contribution >= 0.6 is 11.6 Å². The Bertz CT molecular complexity index is 783. The Labute approximate surface area is 150 Å². The number of carbonyl (C=O) groups excluding carboxylic acids is 2. The zero-order chi connectivity index (χ0) is 18.4. The van der Waals surface area contributed by atoms with Gasteiger partial charge in [0.25, 0.3) is 0 Å². The Kier molecular flexibility index (Phi) is 6.36. The van der Waals surface area contributed by atoms with E-state index < -0.39 is 0 Å². The molecule has 25 heavy (non-hydrogen) atoms. The fourth-order valence-electron chi connectivity index (χ4n) is 2.07. The Hall–Kier alpha value is -2.60. The van der Waals surface area contributed by atoms with Gasteiger partial charge >= 0.3 is 0 Å². The molecule has 5 nitrogen and oxygen atoms in total. The maximum absolute atomic E-state index is 13.5. The lowest BCUT2D eigenvalue weighted by Crippen LogP contribution is -2.38. The van der Waals surface area contributed by atoms with Gasteiger partial charge in [0.15, 0.2) is 0 Å². The van der Waals surface area contributed by atoms with E-state index in [2.05, 4.69) is 10.6 Å². The minimum Gasteiger partial charge on any atom is -0.376 e. The summed E-state index contributed by atoms with van der Waals surface area (Å²) in [4.78, 5) is 25.4. The maximum Gasteiger partial charge on any atom is 0.244 e. The highest BCUT2D eigenvalue weighted by Gasteiger charge is 2.14. The topological polar surface area (TPSA) is 61.4 Å². The molecule has 0 radical (unpaired) electrons. The van der Waals surface area contributed by atoms with E-state index in [0.29, 0.717) is 22.0 Å². The molecular formula is C18H19ClFN3O2. The molecule has 0 saturated carbocycles. The van der Waals surface area contributed by atoms with Crippen molar-refractivity contribution in [2.24, 2.45) is 0 Å². The molecule has 2 aromatic rings. The predicted octanol–water partition coefficient (Wildman–Crippen LogP) is 3.30. The minimum atomic E-state index is -0.356. The van der Waals surface area contributed by atoms with Crippen LogP contribution in [-0.2, 0) is 9.59 Å². The van der Waals surface area contributed by atoms with Crippen molar-refractivity contribution in [2.75, 3.05) is 30.8 Å². The molecule has 0 unspecified atom stereocenters. The summed E-state index contributed by atoms with van der Waals surface area (Å²) < 4.78 is 13.5. The summed E-state index contributed by atoms with van der Waals surface area (Å²) >= 11 is 5.97. The van der Waals surface area contributed by atoms with Crippen LogP contribution in [-0.4, -0.2) is 36.9 Å². The Morgan fingerprint density at radius 1 is 1.20 bits per heavy atom. The number of aryl methyl sites for hydroxylation is 1. The number of benzene rings is 2. The normalized spacial score (nSPS) is 10.2. The van der Waals surface area contributed by atoms with Gasteiger partial charge in [0.1, 0.15) is 5.82 Å². The van der Waals surface area contributed by atoms with Crippen LogP contribution in [0.2, 0.25) is 5.02 Å². The molecule has 0 bridgehead atoms. The van der Waals surface area contributed by atoms with Crippen molar-refractivity contribution in [2.45, 2.75) is 6.92 Å². The molecule has 0 heterocycles. The van der Waals surface area contributed by atoms with Gasteiger partial charge in [0.2, 0.25) is 11.8 Å². The fraction of sp³-hybridized carbons (Fsp3) is 0.222. The zero-order valence-corrected chi connectivity index (χ0v) is 14.7. The molecule has 2 N–H and O–H groups in total. The molecule has 0 fully saturated rings. The first-order chi connectivity index (χ1) is 11.9. The van der Waals surface area contributed by atoms with E-state index in [0.717, 1.165) is 0 Å². The third-order valence-corrected chi connectivity index (χ3v) is 3.90. The summed E-state index contributed by atoms with van der Waals surface area (Å²) in [5.74, 6) is -0.995. The van der Waals surface area contributed by atoms with E-state index in [1.54, 1.807) is 43.3 Å². The molecule has 0 spiro atoms. The van der Waals surface area contributed by atoms with Crippen LogP contribution in [0.3, 0.4) is 0 Å². The average molecular weight is 364 g/mol. The number of amides is 2. The minimum absolute atomic E-state index is 0.0433. The largest absolute Gasteiger partial charge is 0.376 e. The predicted molar refractivity (Wildman–Crippen MR) is 97.3 cm³/mol. The molecule has 2 rings (SSSR count). The molecule has 7 heteroatoms. The lowest BCUT2D eigenvalue weighted by atomic mass is 10.2. The summed E-state index contributed by atoms with van der Waals surface area (Å²) in [7, 11) is 1.52. The van der Waals surface area contributed by atoms with E-state index in [4.69, 9.17) is 11.6 Å². The highest BCUT2D eigenvalue weighted by molar-refractivity contribution is 6.33. The summed E-state index contributed by atoms with van der Waals surface area (Å²) in [6.45, 7) is 1.50. The number of hydrogen-bond donors (Lipinski definition) is 2.